The Balaban J connectivity index is 2.33. The third kappa shape index (κ3) is 3.66. The molecule has 1 aromatic heterocycles. The molecule has 112 valence electrons. The van der Waals surface area contributed by atoms with Gasteiger partial charge in [0.15, 0.2) is 11.6 Å². The molecule has 0 unspecified atom stereocenters. The number of nitrogens with one attached hydrogen (secondary N) is 2. The van der Waals surface area contributed by atoms with Gasteiger partial charge in [-0.05, 0) is 40.9 Å². The van der Waals surface area contributed by atoms with Crippen molar-refractivity contribution in [3.05, 3.63) is 40.0 Å². The van der Waals surface area contributed by atoms with Crippen LogP contribution in [0.15, 0.2) is 22.8 Å². The Labute approximate surface area is 130 Å². The maximum absolute atomic E-state index is 14.0. The Morgan fingerprint density at radius 3 is 2.76 bits per heavy atom. The summed E-state index contributed by atoms with van der Waals surface area (Å²) in [5.74, 6) is -0.613. The maximum Gasteiger partial charge on any atom is 0.224 e. The summed E-state index contributed by atoms with van der Waals surface area (Å²) in [6.07, 6.45) is 2.45. The molecule has 1 aromatic carbocycles. The molecular formula is C14H15BrF2N4. The molecule has 21 heavy (non-hydrogen) atoms. The molecule has 0 saturated carbocycles. The standard InChI is InChI=1S/C14H15BrF2N4/c1-3-6-18-14-19-7-9(15)13(21-14)20-12-10(16)5-4-8(2)11(12)17/h4-5,7H,3,6H2,1-2H3,(H2,18,19,20,21). The molecule has 0 aliphatic carbocycles. The Kier molecular flexibility index (Phi) is 5.06. The quantitative estimate of drug-likeness (QED) is 0.833. The van der Waals surface area contributed by atoms with Gasteiger partial charge in [0.2, 0.25) is 5.95 Å². The van der Waals surface area contributed by atoms with Crippen LogP contribution in [-0.4, -0.2) is 16.5 Å². The minimum absolute atomic E-state index is 0.226. The van der Waals surface area contributed by atoms with Gasteiger partial charge in [0, 0.05) is 12.7 Å². The predicted octanol–water partition coefficient (Wildman–Crippen LogP) is 4.39. The van der Waals surface area contributed by atoms with Crippen LogP contribution in [0.5, 0.6) is 0 Å². The lowest BCUT2D eigenvalue weighted by atomic mass is 10.2. The molecule has 2 rings (SSSR count). The molecule has 1 heterocycles. The average molecular weight is 357 g/mol. The number of hydrogen-bond acceptors (Lipinski definition) is 4. The molecule has 4 nitrogen and oxygen atoms in total. The molecule has 0 aliphatic heterocycles. The molecule has 0 fully saturated rings. The van der Waals surface area contributed by atoms with Crippen molar-refractivity contribution in [2.45, 2.75) is 20.3 Å². The molecule has 2 aromatic rings. The number of anilines is 3. The topological polar surface area (TPSA) is 49.8 Å². The first-order chi connectivity index (χ1) is 10.0. The molecule has 0 amide bonds. The third-order valence-corrected chi connectivity index (χ3v) is 3.39. The first-order valence-electron chi connectivity index (χ1n) is 6.51. The smallest absolute Gasteiger partial charge is 0.224 e. The minimum atomic E-state index is -0.674. The van der Waals surface area contributed by atoms with E-state index in [1.807, 2.05) is 6.92 Å². The van der Waals surface area contributed by atoms with E-state index in [9.17, 15) is 8.78 Å². The number of hydrogen-bond donors (Lipinski definition) is 2. The SMILES string of the molecule is CCCNc1ncc(Br)c(Nc2c(F)ccc(C)c2F)n1. The van der Waals surface area contributed by atoms with E-state index < -0.39 is 11.6 Å². The summed E-state index contributed by atoms with van der Waals surface area (Å²) in [7, 11) is 0. The summed E-state index contributed by atoms with van der Waals surface area (Å²) in [4.78, 5) is 8.29. The van der Waals surface area contributed by atoms with Crippen LogP contribution in [0, 0.1) is 18.6 Å². The van der Waals surface area contributed by atoms with Crippen LogP contribution >= 0.6 is 15.9 Å². The van der Waals surface area contributed by atoms with Crippen LogP contribution < -0.4 is 10.6 Å². The van der Waals surface area contributed by atoms with Gasteiger partial charge in [-0.25, -0.2) is 13.8 Å². The van der Waals surface area contributed by atoms with E-state index in [2.05, 4.69) is 36.5 Å². The van der Waals surface area contributed by atoms with E-state index in [1.165, 1.54) is 18.3 Å². The summed E-state index contributed by atoms with van der Waals surface area (Å²) in [6, 6.07) is 2.60. The van der Waals surface area contributed by atoms with E-state index in [4.69, 9.17) is 0 Å². The van der Waals surface area contributed by atoms with Gasteiger partial charge in [-0.2, -0.15) is 4.98 Å². The lowest BCUT2D eigenvalue weighted by molar-refractivity contribution is 0.584. The highest BCUT2D eigenvalue weighted by molar-refractivity contribution is 9.10. The molecular weight excluding hydrogens is 342 g/mol. The molecule has 0 aliphatic rings. The first-order valence-corrected chi connectivity index (χ1v) is 7.30. The largest absolute Gasteiger partial charge is 0.354 e. The second-order valence-electron chi connectivity index (χ2n) is 4.50. The van der Waals surface area contributed by atoms with E-state index in [0.717, 1.165) is 6.42 Å². The van der Waals surface area contributed by atoms with Crippen LogP contribution in [0.1, 0.15) is 18.9 Å². The number of aryl methyl sites for hydroxylation is 1. The van der Waals surface area contributed by atoms with Gasteiger partial charge in [-0.1, -0.05) is 13.0 Å². The van der Waals surface area contributed by atoms with Crippen molar-refractivity contribution in [3.8, 4) is 0 Å². The van der Waals surface area contributed by atoms with Gasteiger partial charge >= 0.3 is 0 Å². The van der Waals surface area contributed by atoms with Crippen molar-refractivity contribution in [2.75, 3.05) is 17.2 Å². The van der Waals surface area contributed by atoms with Crippen molar-refractivity contribution in [1.82, 2.24) is 9.97 Å². The number of benzene rings is 1. The van der Waals surface area contributed by atoms with E-state index in [0.29, 0.717) is 28.3 Å². The van der Waals surface area contributed by atoms with E-state index in [-0.39, 0.29) is 5.69 Å². The van der Waals surface area contributed by atoms with Gasteiger partial charge in [0.05, 0.1) is 4.47 Å². The van der Waals surface area contributed by atoms with Gasteiger partial charge in [-0.3, -0.25) is 0 Å². The van der Waals surface area contributed by atoms with Crippen molar-refractivity contribution in [2.24, 2.45) is 0 Å². The second kappa shape index (κ2) is 6.80. The fourth-order valence-electron chi connectivity index (χ4n) is 1.67. The normalized spacial score (nSPS) is 10.5. The van der Waals surface area contributed by atoms with Crippen molar-refractivity contribution in [3.63, 3.8) is 0 Å². The van der Waals surface area contributed by atoms with Gasteiger partial charge in [0.25, 0.3) is 0 Å². The predicted molar refractivity (Wildman–Crippen MR) is 82.9 cm³/mol. The van der Waals surface area contributed by atoms with E-state index in [1.54, 1.807) is 6.92 Å². The average Bonchev–Trinajstić information content (AvgIpc) is 2.48. The first kappa shape index (κ1) is 15.6. The molecule has 0 bridgehead atoms. The van der Waals surface area contributed by atoms with Crippen LogP contribution in [-0.2, 0) is 0 Å². The Morgan fingerprint density at radius 1 is 1.29 bits per heavy atom. The lowest BCUT2D eigenvalue weighted by Gasteiger charge is -2.12. The van der Waals surface area contributed by atoms with Crippen LogP contribution in [0.25, 0.3) is 0 Å². The fraction of sp³-hybridized carbons (Fsp3) is 0.286. The van der Waals surface area contributed by atoms with Gasteiger partial charge < -0.3 is 10.6 Å². The number of aromatic nitrogens is 2. The number of nitrogens with zero attached hydrogens (tertiary/aromatic N) is 2. The van der Waals surface area contributed by atoms with Crippen molar-refractivity contribution < 1.29 is 8.78 Å². The molecule has 0 spiro atoms. The highest BCUT2D eigenvalue weighted by atomic mass is 79.9. The second-order valence-corrected chi connectivity index (χ2v) is 5.35. The van der Waals surface area contributed by atoms with E-state index >= 15 is 0 Å². The van der Waals surface area contributed by atoms with Crippen LogP contribution in [0.3, 0.4) is 0 Å². The number of rotatable bonds is 5. The zero-order valence-electron chi connectivity index (χ0n) is 11.7. The maximum atomic E-state index is 14.0. The fourth-order valence-corrected chi connectivity index (χ4v) is 1.96. The highest BCUT2D eigenvalue weighted by Crippen LogP contribution is 2.28. The van der Waals surface area contributed by atoms with Crippen molar-refractivity contribution >= 4 is 33.4 Å². The summed E-state index contributed by atoms with van der Waals surface area (Å²) >= 11 is 3.26. The third-order valence-electron chi connectivity index (χ3n) is 2.80. The van der Waals surface area contributed by atoms with Gasteiger partial charge in [0.1, 0.15) is 11.5 Å². The molecule has 0 saturated heterocycles. The zero-order chi connectivity index (χ0) is 15.4. The zero-order valence-corrected chi connectivity index (χ0v) is 13.3. The monoisotopic (exact) mass is 356 g/mol. The van der Waals surface area contributed by atoms with Gasteiger partial charge in [-0.15, -0.1) is 0 Å². The summed E-state index contributed by atoms with van der Waals surface area (Å²) in [5.41, 5.74) is 0.129. The highest BCUT2D eigenvalue weighted by Gasteiger charge is 2.14. The Bertz CT molecular complexity index is 649. The summed E-state index contributed by atoms with van der Waals surface area (Å²) in [5, 5.41) is 5.70. The summed E-state index contributed by atoms with van der Waals surface area (Å²) in [6.45, 7) is 4.31. The van der Waals surface area contributed by atoms with Crippen LogP contribution in [0.4, 0.5) is 26.2 Å². The Hall–Kier alpha value is -1.76. The van der Waals surface area contributed by atoms with Crippen LogP contribution in [0.2, 0.25) is 0 Å². The number of halogens is 3. The minimum Gasteiger partial charge on any atom is -0.354 e. The lowest BCUT2D eigenvalue weighted by Crippen LogP contribution is -2.07. The Morgan fingerprint density at radius 2 is 2.05 bits per heavy atom. The van der Waals surface area contributed by atoms with Crippen molar-refractivity contribution in [1.29, 1.82) is 0 Å². The molecule has 0 atom stereocenters. The molecule has 7 heteroatoms. The molecule has 0 radical (unpaired) electrons. The summed E-state index contributed by atoms with van der Waals surface area (Å²) < 4.78 is 28.3. The molecule has 2 N–H and O–H groups in total.